The van der Waals surface area contributed by atoms with Crippen molar-refractivity contribution in [3.05, 3.63) is 22.5 Å². The Labute approximate surface area is 117 Å². The van der Waals surface area contributed by atoms with Gasteiger partial charge in [-0.05, 0) is 38.7 Å². The van der Waals surface area contributed by atoms with Gasteiger partial charge in [-0.25, -0.2) is 4.79 Å². The molecule has 1 fully saturated rings. The number of aryl methyl sites for hydroxylation is 1. The average molecular weight is 280 g/mol. The molecule has 1 aliphatic heterocycles. The van der Waals surface area contributed by atoms with Crippen molar-refractivity contribution in [2.24, 2.45) is 0 Å². The highest BCUT2D eigenvalue weighted by molar-refractivity contribution is 6.00. The van der Waals surface area contributed by atoms with E-state index >= 15 is 0 Å². The first-order chi connectivity index (χ1) is 9.50. The van der Waals surface area contributed by atoms with Crippen molar-refractivity contribution in [1.29, 1.82) is 0 Å². The molecule has 1 aliphatic rings. The number of amides is 1. The van der Waals surface area contributed by atoms with E-state index in [0.717, 1.165) is 25.9 Å². The van der Waals surface area contributed by atoms with Gasteiger partial charge in [0.1, 0.15) is 5.69 Å². The third-order valence-electron chi connectivity index (χ3n) is 3.65. The van der Waals surface area contributed by atoms with E-state index in [1.165, 1.54) is 0 Å². The zero-order chi connectivity index (χ0) is 14.7. The number of carboxylic acids is 1. The first-order valence-corrected chi connectivity index (χ1v) is 6.83. The van der Waals surface area contributed by atoms with Gasteiger partial charge >= 0.3 is 5.97 Å². The molecule has 1 aromatic heterocycles. The fraction of sp³-hybridized carbons (Fsp3) is 0.571. The molecule has 2 heterocycles. The van der Waals surface area contributed by atoms with Crippen LogP contribution in [0.25, 0.3) is 0 Å². The first-order valence-electron chi connectivity index (χ1n) is 6.83. The minimum Gasteiger partial charge on any atom is -0.477 e. The van der Waals surface area contributed by atoms with Crippen molar-refractivity contribution in [2.45, 2.75) is 39.2 Å². The van der Waals surface area contributed by atoms with Crippen molar-refractivity contribution in [3.8, 4) is 0 Å². The topological polar surface area (TPSA) is 91.4 Å². The zero-order valence-corrected chi connectivity index (χ0v) is 11.8. The Kier molecular flexibility index (Phi) is 4.44. The highest BCUT2D eigenvalue weighted by Crippen LogP contribution is 2.18. The number of carboxylic acid groups (broad SMARTS) is 1. The highest BCUT2D eigenvalue weighted by atomic mass is 16.5. The Morgan fingerprint density at radius 1 is 1.45 bits per heavy atom. The number of aromatic amines is 1. The molecular weight excluding hydrogens is 260 g/mol. The lowest BCUT2D eigenvalue weighted by molar-refractivity contribution is 0.0690. The van der Waals surface area contributed by atoms with Gasteiger partial charge in [-0.2, -0.15) is 0 Å². The van der Waals surface area contributed by atoms with Gasteiger partial charge in [-0.3, -0.25) is 4.79 Å². The number of hydrogen-bond acceptors (Lipinski definition) is 3. The molecule has 0 spiro atoms. The van der Waals surface area contributed by atoms with Crippen LogP contribution in [0.5, 0.6) is 0 Å². The molecule has 20 heavy (non-hydrogen) atoms. The van der Waals surface area contributed by atoms with Gasteiger partial charge in [-0.1, -0.05) is 0 Å². The summed E-state index contributed by atoms with van der Waals surface area (Å²) < 4.78 is 5.49. The summed E-state index contributed by atoms with van der Waals surface area (Å²) in [4.78, 5) is 25.9. The second-order valence-electron chi connectivity index (χ2n) is 5.11. The van der Waals surface area contributed by atoms with Gasteiger partial charge in [0, 0.05) is 18.8 Å². The van der Waals surface area contributed by atoms with Crippen LogP contribution in [-0.2, 0) is 4.74 Å². The van der Waals surface area contributed by atoms with E-state index in [1.54, 1.807) is 13.8 Å². The minimum absolute atomic E-state index is 0.0757. The minimum atomic E-state index is -1.05. The molecule has 110 valence electrons. The number of aromatic carboxylic acids is 1. The van der Waals surface area contributed by atoms with Crippen LogP contribution in [0.15, 0.2) is 0 Å². The Bertz CT molecular complexity index is 515. The summed E-state index contributed by atoms with van der Waals surface area (Å²) in [5, 5.41) is 11.9. The molecule has 6 nitrogen and oxygen atoms in total. The predicted molar refractivity (Wildman–Crippen MR) is 73.2 cm³/mol. The maximum Gasteiger partial charge on any atom is 0.352 e. The maximum absolute atomic E-state index is 12.1. The van der Waals surface area contributed by atoms with Gasteiger partial charge in [0.25, 0.3) is 5.91 Å². The number of rotatable bonds is 5. The number of carbonyl (C=O) groups is 2. The third kappa shape index (κ3) is 3.01. The van der Waals surface area contributed by atoms with Gasteiger partial charge in [0.05, 0.1) is 11.7 Å². The molecule has 3 N–H and O–H groups in total. The van der Waals surface area contributed by atoms with Crippen LogP contribution in [0.1, 0.15) is 51.4 Å². The Hall–Kier alpha value is -1.82. The first kappa shape index (κ1) is 14.6. The number of carbonyl (C=O) groups excluding carboxylic acids is 1. The molecule has 0 radical (unpaired) electrons. The number of ether oxygens (including phenoxy) is 1. The van der Waals surface area contributed by atoms with Gasteiger partial charge < -0.3 is 20.1 Å². The van der Waals surface area contributed by atoms with Gasteiger partial charge in [0.2, 0.25) is 0 Å². The highest BCUT2D eigenvalue weighted by Gasteiger charge is 2.22. The van der Waals surface area contributed by atoms with Crippen molar-refractivity contribution in [3.63, 3.8) is 0 Å². The number of hydrogen-bond donors (Lipinski definition) is 3. The van der Waals surface area contributed by atoms with Crippen LogP contribution in [-0.4, -0.2) is 41.2 Å². The lowest BCUT2D eigenvalue weighted by Crippen LogP contribution is -2.27. The second-order valence-corrected chi connectivity index (χ2v) is 5.11. The van der Waals surface area contributed by atoms with Crippen molar-refractivity contribution in [1.82, 2.24) is 10.3 Å². The normalized spacial score (nSPS) is 18.2. The van der Waals surface area contributed by atoms with E-state index in [9.17, 15) is 9.59 Å². The van der Waals surface area contributed by atoms with E-state index in [4.69, 9.17) is 9.84 Å². The van der Waals surface area contributed by atoms with Crippen molar-refractivity contribution in [2.75, 3.05) is 13.2 Å². The molecule has 1 aromatic rings. The summed E-state index contributed by atoms with van der Waals surface area (Å²) in [6, 6.07) is 0. The Balaban J connectivity index is 1.96. The summed E-state index contributed by atoms with van der Waals surface area (Å²) in [6.45, 7) is 4.68. The number of nitrogens with one attached hydrogen (secondary N) is 2. The van der Waals surface area contributed by atoms with Crippen LogP contribution < -0.4 is 5.32 Å². The number of aromatic nitrogens is 1. The summed E-state index contributed by atoms with van der Waals surface area (Å²) in [7, 11) is 0. The fourth-order valence-electron chi connectivity index (χ4n) is 2.61. The Morgan fingerprint density at radius 3 is 2.75 bits per heavy atom. The van der Waals surface area contributed by atoms with Crippen LogP contribution in [0.4, 0.5) is 0 Å². The summed E-state index contributed by atoms with van der Waals surface area (Å²) in [6.07, 6.45) is 3.15. The third-order valence-corrected chi connectivity index (χ3v) is 3.65. The molecule has 2 rings (SSSR count). The molecule has 0 saturated carbocycles. The molecule has 1 unspecified atom stereocenters. The molecule has 6 heteroatoms. The molecule has 0 bridgehead atoms. The van der Waals surface area contributed by atoms with Crippen LogP contribution >= 0.6 is 0 Å². The predicted octanol–water partition coefficient (Wildman–Crippen LogP) is 1.63. The van der Waals surface area contributed by atoms with E-state index in [2.05, 4.69) is 10.3 Å². The molecule has 1 atom stereocenters. The van der Waals surface area contributed by atoms with E-state index in [0.29, 0.717) is 23.4 Å². The molecule has 1 saturated heterocycles. The monoisotopic (exact) mass is 280 g/mol. The zero-order valence-electron chi connectivity index (χ0n) is 11.8. The number of H-pyrrole nitrogens is 1. The molecule has 1 amide bonds. The lowest BCUT2D eigenvalue weighted by atomic mass is 10.1. The lowest BCUT2D eigenvalue weighted by Gasteiger charge is -2.10. The average Bonchev–Trinajstić information content (AvgIpc) is 2.97. The summed E-state index contributed by atoms with van der Waals surface area (Å²) in [5.41, 5.74) is 1.56. The van der Waals surface area contributed by atoms with Crippen LogP contribution in [0, 0.1) is 13.8 Å². The molecular formula is C14H20N2O4. The Morgan fingerprint density at radius 2 is 2.20 bits per heavy atom. The van der Waals surface area contributed by atoms with Gasteiger partial charge in [0.15, 0.2) is 0 Å². The van der Waals surface area contributed by atoms with Crippen molar-refractivity contribution < 1.29 is 19.4 Å². The second kappa shape index (κ2) is 6.09. The van der Waals surface area contributed by atoms with Crippen molar-refractivity contribution >= 4 is 11.9 Å². The molecule has 0 aromatic carbocycles. The standard InChI is InChI=1S/C14H20N2O4/c1-8-11(9(2)16-12(8)14(18)19)13(17)15-6-5-10-4-3-7-20-10/h10,16H,3-7H2,1-2H3,(H,15,17)(H,18,19). The van der Waals surface area contributed by atoms with E-state index in [-0.39, 0.29) is 17.7 Å². The smallest absolute Gasteiger partial charge is 0.352 e. The van der Waals surface area contributed by atoms with Crippen LogP contribution in [0.3, 0.4) is 0 Å². The largest absolute Gasteiger partial charge is 0.477 e. The quantitative estimate of drug-likeness (QED) is 0.764. The summed E-state index contributed by atoms with van der Waals surface area (Å²) in [5.74, 6) is -1.29. The molecule has 0 aliphatic carbocycles. The van der Waals surface area contributed by atoms with Crippen LogP contribution in [0.2, 0.25) is 0 Å². The SMILES string of the molecule is Cc1[nH]c(C(=O)O)c(C)c1C(=O)NCCC1CCCO1. The fourth-order valence-corrected chi connectivity index (χ4v) is 2.61. The van der Waals surface area contributed by atoms with E-state index in [1.807, 2.05) is 0 Å². The maximum atomic E-state index is 12.1. The summed E-state index contributed by atoms with van der Waals surface area (Å²) >= 11 is 0. The van der Waals surface area contributed by atoms with Gasteiger partial charge in [-0.15, -0.1) is 0 Å². The van der Waals surface area contributed by atoms with E-state index < -0.39 is 5.97 Å².